The van der Waals surface area contributed by atoms with Crippen molar-refractivity contribution in [2.45, 2.75) is 74.7 Å². The van der Waals surface area contributed by atoms with E-state index in [2.05, 4.69) is 104 Å². The molecule has 1 aliphatic rings. The zero-order valence-corrected chi connectivity index (χ0v) is 28.0. The number of ketones is 1. The van der Waals surface area contributed by atoms with E-state index in [4.69, 9.17) is 0 Å². The van der Waals surface area contributed by atoms with Gasteiger partial charge in [-0.3, -0.25) is 4.79 Å². The smallest absolute Gasteiger partial charge is 0.160 e. The summed E-state index contributed by atoms with van der Waals surface area (Å²) in [4.78, 5) is 18.1. The molecule has 0 spiro atoms. The molecule has 3 N–H and O–H groups in total. The first-order chi connectivity index (χ1) is 20.3. The maximum absolute atomic E-state index is 11.1. The van der Waals surface area contributed by atoms with Crippen LogP contribution in [-0.4, -0.2) is 22.8 Å². The second kappa shape index (κ2) is 28.5. The molecule has 0 bridgehead atoms. The standard InChI is InChI=1S/C16H18.C9H8N2O.C5H8.C3H6.2C2H6.CH5N/c1-3-4-5-6-9-14-12-15-10-7-8-11-16(15)13(14)2;1-6(12)7-2-4-10-9-8(7)3-5-11-9;1-4-5(2)3;1-3-2;3*1-2/h4-13H,3H2,1-2H3;2-5H,1H3,(H,10,11);4H,1-2H2,3H3;3H,1H2,2H3;2*1-2H3;2H2,1H3/b5-4-,9-6-;;;;;;. The number of Topliss-reactive ketones (excluding diaryl/α,β-unsaturated/α-hetero) is 1. The lowest BCUT2D eigenvalue weighted by molar-refractivity contribution is 0.101. The predicted molar refractivity (Wildman–Crippen MR) is 191 cm³/mol. The zero-order chi connectivity index (χ0) is 32.9. The molecular weight excluding hydrogens is 514 g/mol. The Bertz CT molecular complexity index is 1240. The van der Waals surface area contributed by atoms with Crippen molar-refractivity contribution < 1.29 is 4.79 Å². The average Bonchev–Trinajstić information content (AvgIpc) is 3.64. The van der Waals surface area contributed by atoms with Crippen LogP contribution >= 0.6 is 0 Å². The van der Waals surface area contributed by atoms with E-state index in [1.165, 1.54) is 23.7 Å². The molecule has 2 aromatic heterocycles. The highest BCUT2D eigenvalue weighted by atomic mass is 16.1. The molecule has 42 heavy (non-hydrogen) atoms. The van der Waals surface area contributed by atoms with Gasteiger partial charge in [0, 0.05) is 29.3 Å². The van der Waals surface area contributed by atoms with E-state index in [0.717, 1.165) is 28.6 Å². The van der Waals surface area contributed by atoms with Crippen molar-refractivity contribution in [3.8, 4) is 0 Å². The fourth-order valence-electron chi connectivity index (χ4n) is 3.36. The first-order valence-corrected chi connectivity index (χ1v) is 14.8. The molecule has 0 saturated carbocycles. The number of pyridine rings is 1. The molecule has 4 heteroatoms. The summed E-state index contributed by atoms with van der Waals surface area (Å²) in [5.41, 5.74) is 11.2. The summed E-state index contributed by atoms with van der Waals surface area (Å²) in [5, 5.41) is 0.894. The molecular formula is C38H57N3O. The van der Waals surface area contributed by atoms with E-state index in [-0.39, 0.29) is 5.78 Å². The van der Waals surface area contributed by atoms with Crippen LogP contribution < -0.4 is 5.73 Å². The van der Waals surface area contributed by atoms with E-state index < -0.39 is 0 Å². The third kappa shape index (κ3) is 16.9. The summed E-state index contributed by atoms with van der Waals surface area (Å²) in [6, 6.07) is 12.2. The van der Waals surface area contributed by atoms with Crippen molar-refractivity contribution >= 4 is 22.9 Å². The van der Waals surface area contributed by atoms with Gasteiger partial charge in [0.1, 0.15) is 5.65 Å². The number of allylic oxidation sites excluding steroid dienone is 8. The number of hydrogen-bond donors (Lipinski definition) is 2. The highest BCUT2D eigenvalue weighted by Crippen LogP contribution is 2.36. The monoisotopic (exact) mass is 571 g/mol. The van der Waals surface area contributed by atoms with Gasteiger partial charge in [-0.25, -0.2) is 4.98 Å². The lowest BCUT2D eigenvalue weighted by atomic mass is 9.98. The molecule has 0 amide bonds. The quantitative estimate of drug-likeness (QED) is 0.182. The highest BCUT2D eigenvalue weighted by Gasteiger charge is 2.18. The van der Waals surface area contributed by atoms with Crippen LogP contribution in [0.1, 0.15) is 96.1 Å². The predicted octanol–water partition coefficient (Wildman–Crippen LogP) is 11.0. The van der Waals surface area contributed by atoms with Crippen LogP contribution in [0.4, 0.5) is 0 Å². The molecule has 0 saturated heterocycles. The number of nitrogens with zero attached hydrogens (tertiary/aromatic N) is 1. The third-order valence-electron chi connectivity index (χ3n) is 5.24. The third-order valence-corrected chi connectivity index (χ3v) is 5.24. The molecule has 4 nitrogen and oxygen atoms in total. The summed E-state index contributed by atoms with van der Waals surface area (Å²) in [6.45, 7) is 28.2. The van der Waals surface area contributed by atoms with Gasteiger partial charge in [-0.15, -0.1) is 6.58 Å². The summed E-state index contributed by atoms with van der Waals surface area (Å²) in [7, 11) is 1.50. The number of nitrogens with two attached hydrogens (primary N) is 1. The maximum atomic E-state index is 11.1. The number of carbonyl (C=O) groups excluding carboxylic acids is 1. The summed E-state index contributed by atoms with van der Waals surface area (Å²) in [6.07, 6.45) is 18.9. The number of fused-ring (bicyclic) bond motifs is 2. The molecule has 0 fully saturated rings. The van der Waals surface area contributed by atoms with E-state index in [1.54, 1.807) is 37.5 Å². The Balaban J connectivity index is -0.000000515. The summed E-state index contributed by atoms with van der Waals surface area (Å²) in [5.74, 6) is 0.601. The van der Waals surface area contributed by atoms with Gasteiger partial charge in [-0.2, -0.15) is 0 Å². The second-order valence-corrected chi connectivity index (χ2v) is 8.30. The average molecular weight is 572 g/mol. The Morgan fingerprint density at radius 3 is 2.10 bits per heavy atom. The molecule has 0 radical (unpaired) electrons. The van der Waals surface area contributed by atoms with Gasteiger partial charge >= 0.3 is 0 Å². The van der Waals surface area contributed by atoms with Crippen molar-refractivity contribution in [3.05, 3.63) is 133 Å². The van der Waals surface area contributed by atoms with Crippen molar-refractivity contribution in [3.63, 3.8) is 0 Å². The molecule has 230 valence electrons. The van der Waals surface area contributed by atoms with Crippen LogP contribution in [0.15, 0.2) is 116 Å². The Kier molecular flexibility index (Phi) is 28.8. The highest BCUT2D eigenvalue weighted by molar-refractivity contribution is 6.05. The van der Waals surface area contributed by atoms with Crippen LogP contribution in [0.3, 0.4) is 0 Å². The van der Waals surface area contributed by atoms with Crippen molar-refractivity contribution in [1.29, 1.82) is 0 Å². The number of carbonyl (C=O) groups is 1. The van der Waals surface area contributed by atoms with E-state index in [1.807, 2.05) is 47.6 Å². The van der Waals surface area contributed by atoms with Crippen molar-refractivity contribution in [1.82, 2.24) is 9.97 Å². The first kappa shape index (κ1) is 42.4. The van der Waals surface area contributed by atoms with Gasteiger partial charge in [0.2, 0.25) is 0 Å². The van der Waals surface area contributed by atoms with E-state index >= 15 is 0 Å². The largest absolute Gasteiger partial charge is 0.346 e. The molecule has 0 aliphatic heterocycles. The van der Waals surface area contributed by atoms with Gasteiger partial charge < -0.3 is 10.7 Å². The topological polar surface area (TPSA) is 71.8 Å². The van der Waals surface area contributed by atoms with E-state index in [9.17, 15) is 4.79 Å². The van der Waals surface area contributed by atoms with Crippen LogP contribution in [0.25, 0.3) is 17.1 Å². The van der Waals surface area contributed by atoms with Crippen LogP contribution in [0.2, 0.25) is 0 Å². The number of nitrogens with one attached hydrogen (secondary N) is 1. The lowest BCUT2D eigenvalue weighted by Gasteiger charge is -2.06. The minimum absolute atomic E-state index is 0.0713. The minimum atomic E-state index is 0.0713. The number of H-pyrrole nitrogens is 1. The minimum Gasteiger partial charge on any atom is -0.346 e. The van der Waals surface area contributed by atoms with Gasteiger partial charge in [0.15, 0.2) is 5.78 Å². The molecule has 1 aromatic carbocycles. The molecule has 1 unspecified atom stereocenters. The van der Waals surface area contributed by atoms with E-state index in [0.29, 0.717) is 5.92 Å². The van der Waals surface area contributed by atoms with Crippen LogP contribution in [0, 0.1) is 0 Å². The molecule has 1 aliphatic carbocycles. The Hall–Kier alpha value is -4.02. The Morgan fingerprint density at radius 2 is 1.60 bits per heavy atom. The molecule has 4 rings (SSSR count). The fraction of sp³-hybridized carbons (Fsp3) is 0.316. The van der Waals surface area contributed by atoms with Gasteiger partial charge in [0.25, 0.3) is 0 Å². The number of hydrogen-bond acceptors (Lipinski definition) is 3. The number of aromatic amines is 1. The lowest BCUT2D eigenvalue weighted by Crippen LogP contribution is -1.92. The first-order valence-electron chi connectivity index (χ1n) is 14.8. The van der Waals surface area contributed by atoms with Gasteiger partial charge in [-0.1, -0.05) is 127 Å². The number of aromatic nitrogens is 2. The molecule has 2 heterocycles. The van der Waals surface area contributed by atoms with Gasteiger partial charge in [0.05, 0.1) is 0 Å². The summed E-state index contributed by atoms with van der Waals surface area (Å²) < 4.78 is 0. The fourth-order valence-corrected chi connectivity index (χ4v) is 3.36. The Morgan fingerprint density at radius 1 is 1.02 bits per heavy atom. The maximum Gasteiger partial charge on any atom is 0.160 e. The molecule has 1 atom stereocenters. The number of benzene rings is 1. The van der Waals surface area contributed by atoms with Crippen LogP contribution in [-0.2, 0) is 0 Å². The van der Waals surface area contributed by atoms with Crippen LogP contribution in [0.5, 0.6) is 0 Å². The zero-order valence-electron chi connectivity index (χ0n) is 28.0. The molecule has 3 aromatic rings. The summed E-state index contributed by atoms with van der Waals surface area (Å²) >= 11 is 0. The number of rotatable bonds is 5. The SMILES string of the molecule is C=CC.C=CC(=C)C.CC.CC.CC(=O)c1ccnc2[nH]ccc12.CC/C=C\C=C/C1=Cc2ccccc2C1C.CN. The van der Waals surface area contributed by atoms with Crippen molar-refractivity contribution in [2.24, 2.45) is 5.73 Å². The normalized spacial score (nSPS) is 11.9. The van der Waals surface area contributed by atoms with Gasteiger partial charge in [-0.05, 0) is 63.1 Å². The Labute approximate surface area is 257 Å². The second-order valence-electron chi connectivity index (χ2n) is 8.30. The van der Waals surface area contributed by atoms with Crippen molar-refractivity contribution in [2.75, 3.05) is 7.05 Å².